The van der Waals surface area contributed by atoms with Gasteiger partial charge < -0.3 is 10.1 Å². The van der Waals surface area contributed by atoms with Crippen LogP contribution in [-0.2, 0) is 6.42 Å². The Labute approximate surface area is 108 Å². The van der Waals surface area contributed by atoms with E-state index >= 15 is 0 Å². The summed E-state index contributed by atoms with van der Waals surface area (Å²) in [7, 11) is 0. The molecule has 0 aliphatic carbocycles. The molecule has 1 aliphatic heterocycles. The zero-order valence-corrected chi connectivity index (χ0v) is 11.3. The molecule has 1 aromatic rings. The van der Waals surface area contributed by atoms with Gasteiger partial charge in [-0.15, -0.1) is 0 Å². The summed E-state index contributed by atoms with van der Waals surface area (Å²) in [5.41, 5.74) is 1.23. The van der Waals surface area contributed by atoms with Gasteiger partial charge >= 0.3 is 0 Å². The molecule has 1 unspecified atom stereocenters. The third-order valence-electron chi connectivity index (χ3n) is 3.03. The molecule has 0 radical (unpaired) electrons. The van der Waals surface area contributed by atoms with Gasteiger partial charge in [0.1, 0.15) is 11.9 Å². The van der Waals surface area contributed by atoms with Crippen molar-refractivity contribution in [1.82, 2.24) is 5.32 Å². The van der Waals surface area contributed by atoms with Gasteiger partial charge in [0.2, 0.25) is 0 Å². The summed E-state index contributed by atoms with van der Waals surface area (Å²) in [5.74, 6) is 1.74. The molecular formula is C14H20ClNO. The first-order valence-electron chi connectivity index (χ1n) is 6.31. The van der Waals surface area contributed by atoms with Gasteiger partial charge in [0, 0.05) is 18.0 Å². The number of rotatable bonds is 5. The topological polar surface area (TPSA) is 21.3 Å². The molecule has 0 saturated heterocycles. The Kier molecular flexibility index (Phi) is 4.30. The minimum Gasteiger partial charge on any atom is -0.488 e. The maximum Gasteiger partial charge on any atom is 0.123 e. The Morgan fingerprint density at radius 2 is 2.29 bits per heavy atom. The number of nitrogens with one attached hydrogen (secondary N) is 1. The van der Waals surface area contributed by atoms with Gasteiger partial charge in [0.15, 0.2) is 0 Å². The molecule has 1 N–H and O–H groups in total. The molecule has 0 saturated carbocycles. The molecule has 94 valence electrons. The summed E-state index contributed by atoms with van der Waals surface area (Å²) in [6.45, 7) is 6.46. The summed E-state index contributed by atoms with van der Waals surface area (Å²) >= 11 is 5.96. The quantitative estimate of drug-likeness (QED) is 0.814. The Morgan fingerprint density at radius 3 is 3.06 bits per heavy atom. The lowest BCUT2D eigenvalue weighted by Gasteiger charge is -2.12. The standard InChI is InChI=1S/C14H20ClNO/c1-10(2)5-6-16-9-13-8-11-7-12(15)3-4-14(11)17-13/h3-4,7,10,13,16H,5-6,8-9H2,1-2H3. The lowest BCUT2D eigenvalue weighted by atomic mass is 10.1. The summed E-state index contributed by atoms with van der Waals surface area (Å²) in [6, 6.07) is 5.85. The van der Waals surface area contributed by atoms with E-state index in [1.807, 2.05) is 18.2 Å². The predicted molar refractivity (Wildman–Crippen MR) is 71.9 cm³/mol. The molecule has 3 heteroatoms. The minimum atomic E-state index is 0.260. The number of ether oxygens (including phenoxy) is 1. The molecule has 1 aliphatic rings. The van der Waals surface area contributed by atoms with Crippen molar-refractivity contribution in [1.29, 1.82) is 0 Å². The fourth-order valence-corrected chi connectivity index (χ4v) is 2.25. The Hall–Kier alpha value is -0.730. The first-order chi connectivity index (χ1) is 8.15. The Bertz CT molecular complexity index is 378. The third-order valence-corrected chi connectivity index (χ3v) is 3.27. The number of halogens is 1. The van der Waals surface area contributed by atoms with Gasteiger partial charge in [0.05, 0.1) is 0 Å². The van der Waals surface area contributed by atoms with E-state index in [0.29, 0.717) is 0 Å². The molecule has 1 aromatic carbocycles. The van der Waals surface area contributed by atoms with E-state index in [-0.39, 0.29) is 6.10 Å². The van der Waals surface area contributed by atoms with Crippen LogP contribution in [0, 0.1) is 5.92 Å². The van der Waals surface area contributed by atoms with Crippen LogP contribution in [0.2, 0.25) is 5.02 Å². The van der Waals surface area contributed by atoms with Crippen molar-refractivity contribution < 1.29 is 4.74 Å². The van der Waals surface area contributed by atoms with Gasteiger partial charge in [-0.05, 0) is 42.6 Å². The fourth-order valence-electron chi connectivity index (χ4n) is 2.06. The second-order valence-corrected chi connectivity index (χ2v) is 5.52. The highest BCUT2D eigenvalue weighted by molar-refractivity contribution is 6.30. The summed E-state index contributed by atoms with van der Waals surface area (Å²) < 4.78 is 5.85. The molecule has 0 bridgehead atoms. The van der Waals surface area contributed by atoms with E-state index in [9.17, 15) is 0 Å². The molecule has 2 rings (SSSR count). The minimum absolute atomic E-state index is 0.260. The number of benzene rings is 1. The summed E-state index contributed by atoms with van der Waals surface area (Å²) in [4.78, 5) is 0. The van der Waals surface area contributed by atoms with Gasteiger partial charge in [-0.2, -0.15) is 0 Å². The van der Waals surface area contributed by atoms with Crippen LogP contribution in [0.3, 0.4) is 0 Å². The van der Waals surface area contributed by atoms with E-state index < -0.39 is 0 Å². The average molecular weight is 254 g/mol. The largest absolute Gasteiger partial charge is 0.488 e. The highest BCUT2D eigenvalue weighted by atomic mass is 35.5. The maximum absolute atomic E-state index is 5.96. The highest BCUT2D eigenvalue weighted by Crippen LogP contribution is 2.30. The van der Waals surface area contributed by atoms with Gasteiger partial charge in [-0.25, -0.2) is 0 Å². The second kappa shape index (κ2) is 5.74. The zero-order valence-electron chi connectivity index (χ0n) is 10.5. The van der Waals surface area contributed by atoms with Gasteiger partial charge in [-0.1, -0.05) is 25.4 Å². The van der Waals surface area contributed by atoms with Crippen LogP contribution in [0.4, 0.5) is 0 Å². The Morgan fingerprint density at radius 1 is 1.47 bits per heavy atom. The number of fused-ring (bicyclic) bond motifs is 1. The van der Waals surface area contributed by atoms with Crippen molar-refractivity contribution >= 4 is 11.6 Å². The van der Waals surface area contributed by atoms with Crippen molar-refractivity contribution in [2.24, 2.45) is 5.92 Å². The average Bonchev–Trinajstić information content (AvgIpc) is 2.66. The Balaban J connectivity index is 1.76. The van der Waals surface area contributed by atoms with Crippen molar-refractivity contribution in [3.05, 3.63) is 28.8 Å². The van der Waals surface area contributed by atoms with Crippen LogP contribution in [0.15, 0.2) is 18.2 Å². The molecular weight excluding hydrogens is 234 g/mol. The monoisotopic (exact) mass is 253 g/mol. The van der Waals surface area contributed by atoms with Crippen molar-refractivity contribution in [2.45, 2.75) is 32.8 Å². The third kappa shape index (κ3) is 3.62. The van der Waals surface area contributed by atoms with Crippen LogP contribution in [0.1, 0.15) is 25.8 Å². The lowest BCUT2D eigenvalue weighted by Crippen LogP contribution is -2.31. The van der Waals surface area contributed by atoms with Crippen LogP contribution in [0.25, 0.3) is 0 Å². The van der Waals surface area contributed by atoms with Crippen molar-refractivity contribution in [3.8, 4) is 5.75 Å². The molecule has 0 aromatic heterocycles. The normalized spacial score (nSPS) is 18.2. The van der Waals surface area contributed by atoms with Gasteiger partial charge in [0.25, 0.3) is 0 Å². The van der Waals surface area contributed by atoms with Crippen molar-refractivity contribution in [3.63, 3.8) is 0 Å². The van der Waals surface area contributed by atoms with E-state index in [4.69, 9.17) is 16.3 Å². The summed E-state index contributed by atoms with van der Waals surface area (Å²) in [6.07, 6.45) is 2.44. The maximum atomic E-state index is 5.96. The van der Waals surface area contributed by atoms with Crippen LogP contribution in [0.5, 0.6) is 5.75 Å². The van der Waals surface area contributed by atoms with E-state index in [1.54, 1.807) is 0 Å². The predicted octanol–water partition coefficient (Wildman–Crippen LogP) is 3.28. The number of hydrogen-bond acceptors (Lipinski definition) is 2. The lowest BCUT2D eigenvalue weighted by molar-refractivity contribution is 0.227. The number of hydrogen-bond donors (Lipinski definition) is 1. The zero-order chi connectivity index (χ0) is 12.3. The van der Waals surface area contributed by atoms with Crippen molar-refractivity contribution in [2.75, 3.05) is 13.1 Å². The molecule has 1 heterocycles. The fraction of sp³-hybridized carbons (Fsp3) is 0.571. The highest BCUT2D eigenvalue weighted by Gasteiger charge is 2.22. The smallest absolute Gasteiger partial charge is 0.123 e. The van der Waals surface area contributed by atoms with Crippen LogP contribution < -0.4 is 10.1 Å². The van der Waals surface area contributed by atoms with E-state index in [1.165, 1.54) is 12.0 Å². The SMILES string of the molecule is CC(C)CCNCC1Cc2cc(Cl)ccc2O1. The first-order valence-corrected chi connectivity index (χ1v) is 6.68. The van der Waals surface area contributed by atoms with E-state index in [0.717, 1.165) is 36.2 Å². The molecule has 0 fully saturated rings. The molecule has 0 spiro atoms. The molecule has 2 nitrogen and oxygen atoms in total. The summed E-state index contributed by atoms with van der Waals surface area (Å²) in [5, 5.41) is 4.24. The molecule has 17 heavy (non-hydrogen) atoms. The first kappa shape index (κ1) is 12.7. The van der Waals surface area contributed by atoms with Crippen LogP contribution >= 0.6 is 11.6 Å². The van der Waals surface area contributed by atoms with Crippen LogP contribution in [-0.4, -0.2) is 19.2 Å². The van der Waals surface area contributed by atoms with E-state index in [2.05, 4.69) is 19.2 Å². The molecule has 0 amide bonds. The second-order valence-electron chi connectivity index (χ2n) is 5.08. The molecule has 1 atom stereocenters. The van der Waals surface area contributed by atoms with Gasteiger partial charge in [-0.3, -0.25) is 0 Å².